The quantitative estimate of drug-likeness (QED) is 0.782. The van der Waals surface area contributed by atoms with Crippen LogP contribution in [0.3, 0.4) is 0 Å². The molecule has 0 aliphatic carbocycles. The van der Waals surface area contributed by atoms with E-state index in [0.29, 0.717) is 6.04 Å². The molecule has 1 unspecified atom stereocenters. The summed E-state index contributed by atoms with van der Waals surface area (Å²) >= 11 is 0. The molecule has 0 aromatic carbocycles. The van der Waals surface area contributed by atoms with Gasteiger partial charge in [-0.1, -0.05) is 13.0 Å². The fourth-order valence-electron chi connectivity index (χ4n) is 2.35. The van der Waals surface area contributed by atoms with E-state index in [9.17, 15) is 0 Å². The Morgan fingerprint density at radius 1 is 1.30 bits per heavy atom. The molecule has 1 N–H and O–H groups in total. The third-order valence-corrected chi connectivity index (χ3v) is 3.87. The molecule has 114 valence electrons. The molecule has 20 heavy (non-hydrogen) atoms. The van der Waals surface area contributed by atoms with Crippen LogP contribution in [0.15, 0.2) is 12.1 Å². The molecular formula is C17H30N2O. The smallest absolute Gasteiger partial charge is 0.0623 e. The molecule has 3 heteroatoms. The lowest BCUT2D eigenvalue weighted by atomic mass is 9.94. The number of pyridine rings is 1. The normalized spacial score (nSPS) is 13.5. The van der Waals surface area contributed by atoms with Crippen LogP contribution in [0.1, 0.15) is 63.0 Å². The zero-order valence-electron chi connectivity index (χ0n) is 13.9. The van der Waals surface area contributed by atoms with E-state index in [4.69, 9.17) is 4.74 Å². The van der Waals surface area contributed by atoms with Gasteiger partial charge in [0, 0.05) is 24.5 Å². The Kier molecular flexibility index (Phi) is 6.63. The lowest BCUT2D eigenvalue weighted by molar-refractivity contribution is 0.0116. The van der Waals surface area contributed by atoms with Crippen molar-refractivity contribution in [3.8, 4) is 0 Å². The molecule has 0 radical (unpaired) electrons. The van der Waals surface area contributed by atoms with Gasteiger partial charge in [0.15, 0.2) is 0 Å². The molecule has 1 aromatic rings. The number of aromatic nitrogens is 1. The molecule has 0 aliphatic rings. The van der Waals surface area contributed by atoms with Crippen LogP contribution < -0.4 is 5.32 Å². The van der Waals surface area contributed by atoms with Gasteiger partial charge in [-0.15, -0.1) is 0 Å². The Morgan fingerprint density at radius 3 is 2.55 bits per heavy atom. The highest BCUT2D eigenvalue weighted by molar-refractivity contribution is 5.25. The van der Waals surface area contributed by atoms with E-state index < -0.39 is 0 Å². The molecule has 0 aliphatic heterocycles. The van der Waals surface area contributed by atoms with Crippen molar-refractivity contribution < 1.29 is 4.74 Å². The maximum Gasteiger partial charge on any atom is 0.0623 e. The third-order valence-electron chi connectivity index (χ3n) is 3.87. The van der Waals surface area contributed by atoms with Crippen molar-refractivity contribution in [2.24, 2.45) is 0 Å². The second kappa shape index (κ2) is 7.75. The molecule has 3 nitrogen and oxygen atoms in total. The van der Waals surface area contributed by atoms with Crippen molar-refractivity contribution in [3.05, 3.63) is 29.1 Å². The fraction of sp³-hybridized carbons (Fsp3) is 0.706. The number of nitrogens with zero attached hydrogens (tertiary/aromatic N) is 1. The van der Waals surface area contributed by atoms with E-state index in [2.05, 4.69) is 50.1 Å². The molecule has 0 spiro atoms. The van der Waals surface area contributed by atoms with Gasteiger partial charge < -0.3 is 10.1 Å². The first-order valence-electron chi connectivity index (χ1n) is 7.62. The van der Waals surface area contributed by atoms with Crippen molar-refractivity contribution in [1.29, 1.82) is 0 Å². The Hall–Kier alpha value is -0.930. The predicted octanol–water partition coefficient (Wildman–Crippen LogP) is 3.94. The van der Waals surface area contributed by atoms with Crippen LogP contribution in [-0.2, 0) is 4.74 Å². The number of hydrogen-bond donors (Lipinski definition) is 1. The summed E-state index contributed by atoms with van der Waals surface area (Å²) < 4.78 is 5.53. The van der Waals surface area contributed by atoms with E-state index in [1.807, 2.05) is 6.92 Å². The van der Waals surface area contributed by atoms with Gasteiger partial charge in [0.1, 0.15) is 0 Å². The van der Waals surface area contributed by atoms with Crippen LogP contribution in [-0.4, -0.2) is 24.2 Å². The van der Waals surface area contributed by atoms with E-state index in [1.165, 1.54) is 5.56 Å². The van der Waals surface area contributed by atoms with E-state index in [1.54, 1.807) is 7.11 Å². The average molecular weight is 278 g/mol. The summed E-state index contributed by atoms with van der Waals surface area (Å²) in [6.45, 7) is 11.7. The molecule has 1 heterocycles. The minimum absolute atomic E-state index is 0.0713. The lowest BCUT2D eigenvalue weighted by Crippen LogP contribution is -2.28. The highest BCUT2D eigenvalue weighted by atomic mass is 16.5. The summed E-state index contributed by atoms with van der Waals surface area (Å²) in [4.78, 5) is 4.60. The van der Waals surface area contributed by atoms with Crippen molar-refractivity contribution in [3.63, 3.8) is 0 Å². The molecule has 0 bridgehead atoms. The monoisotopic (exact) mass is 278 g/mol. The van der Waals surface area contributed by atoms with E-state index in [-0.39, 0.29) is 5.60 Å². The van der Waals surface area contributed by atoms with Gasteiger partial charge in [0.25, 0.3) is 0 Å². The van der Waals surface area contributed by atoms with Crippen molar-refractivity contribution >= 4 is 0 Å². The van der Waals surface area contributed by atoms with E-state index in [0.717, 1.165) is 37.2 Å². The number of methoxy groups -OCH3 is 1. The zero-order chi connectivity index (χ0) is 15.2. The number of ether oxygens (including phenoxy) is 1. The topological polar surface area (TPSA) is 34.1 Å². The van der Waals surface area contributed by atoms with Gasteiger partial charge in [0.05, 0.1) is 5.60 Å². The molecule has 0 saturated heterocycles. The standard InChI is InChI=1S/C17H30N2O/c1-7-12-18-16(10-11-17(4,5)20-6)15-9-8-13(2)19-14(15)3/h8-9,16,18H,7,10-12H2,1-6H3. The molecule has 1 rings (SSSR count). The summed E-state index contributed by atoms with van der Waals surface area (Å²) in [5.41, 5.74) is 3.46. The number of rotatable bonds is 8. The first-order chi connectivity index (χ1) is 9.39. The van der Waals surface area contributed by atoms with Crippen LogP contribution in [0.5, 0.6) is 0 Å². The summed E-state index contributed by atoms with van der Waals surface area (Å²) in [7, 11) is 1.78. The molecule has 0 saturated carbocycles. The number of hydrogen-bond acceptors (Lipinski definition) is 3. The zero-order valence-corrected chi connectivity index (χ0v) is 13.9. The van der Waals surface area contributed by atoms with Gasteiger partial charge in [0.2, 0.25) is 0 Å². The van der Waals surface area contributed by atoms with Crippen molar-refractivity contribution in [2.45, 2.75) is 65.5 Å². The maximum absolute atomic E-state index is 5.53. The van der Waals surface area contributed by atoms with Crippen LogP contribution in [0, 0.1) is 13.8 Å². The molecular weight excluding hydrogens is 248 g/mol. The predicted molar refractivity (Wildman–Crippen MR) is 85.1 cm³/mol. The number of nitrogens with one attached hydrogen (secondary N) is 1. The summed E-state index contributed by atoms with van der Waals surface area (Å²) in [6.07, 6.45) is 3.23. The second-order valence-electron chi connectivity index (χ2n) is 6.14. The highest BCUT2D eigenvalue weighted by Crippen LogP contribution is 2.26. The van der Waals surface area contributed by atoms with Crippen molar-refractivity contribution in [2.75, 3.05) is 13.7 Å². The first-order valence-corrected chi connectivity index (χ1v) is 7.62. The average Bonchev–Trinajstić information content (AvgIpc) is 2.40. The maximum atomic E-state index is 5.53. The molecule has 0 fully saturated rings. The number of aryl methyl sites for hydroxylation is 2. The second-order valence-corrected chi connectivity index (χ2v) is 6.14. The van der Waals surface area contributed by atoms with Gasteiger partial charge in [-0.2, -0.15) is 0 Å². The summed E-state index contributed by atoms with van der Waals surface area (Å²) in [5, 5.41) is 3.65. The van der Waals surface area contributed by atoms with Crippen LogP contribution in [0.25, 0.3) is 0 Å². The van der Waals surface area contributed by atoms with Crippen molar-refractivity contribution in [1.82, 2.24) is 10.3 Å². The minimum atomic E-state index is -0.0713. The largest absolute Gasteiger partial charge is 0.379 e. The van der Waals surface area contributed by atoms with Crippen LogP contribution in [0.4, 0.5) is 0 Å². The first kappa shape index (κ1) is 17.1. The molecule has 1 atom stereocenters. The van der Waals surface area contributed by atoms with Gasteiger partial charge in [-0.3, -0.25) is 4.98 Å². The lowest BCUT2D eigenvalue weighted by Gasteiger charge is -2.27. The Morgan fingerprint density at radius 2 is 2.00 bits per heavy atom. The Bertz CT molecular complexity index is 415. The molecule has 1 aromatic heterocycles. The van der Waals surface area contributed by atoms with Crippen LogP contribution in [0.2, 0.25) is 0 Å². The SMILES string of the molecule is CCCNC(CCC(C)(C)OC)c1ccc(C)nc1C. The fourth-order valence-corrected chi connectivity index (χ4v) is 2.35. The summed E-state index contributed by atoms with van der Waals surface area (Å²) in [5.74, 6) is 0. The molecule has 0 amide bonds. The Labute approximate surface area is 124 Å². The van der Waals surface area contributed by atoms with E-state index >= 15 is 0 Å². The minimum Gasteiger partial charge on any atom is -0.379 e. The van der Waals surface area contributed by atoms with Gasteiger partial charge >= 0.3 is 0 Å². The highest BCUT2D eigenvalue weighted by Gasteiger charge is 2.21. The van der Waals surface area contributed by atoms with Crippen LogP contribution >= 0.6 is 0 Å². The summed E-state index contributed by atoms with van der Waals surface area (Å²) in [6, 6.07) is 4.67. The Balaban J connectivity index is 2.82. The van der Waals surface area contributed by atoms with Gasteiger partial charge in [-0.05, 0) is 65.1 Å². The van der Waals surface area contributed by atoms with Gasteiger partial charge in [-0.25, -0.2) is 0 Å². The third kappa shape index (κ3) is 5.22.